The van der Waals surface area contributed by atoms with E-state index in [-0.39, 0.29) is 17.4 Å². The third-order valence-electron chi connectivity index (χ3n) is 4.55. The average molecular weight is 332 g/mol. The Labute approximate surface area is 139 Å². The second-order valence-electron chi connectivity index (χ2n) is 6.05. The molecule has 1 saturated heterocycles. The van der Waals surface area contributed by atoms with Crippen molar-refractivity contribution in [2.45, 2.75) is 51.1 Å². The Hall–Kier alpha value is -2.02. The summed E-state index contributed by atoms with van der Waals surface area (Å²) in [6.45, 7) is 2.54. The number of rotatable bonds is 6. The molecule has 122 valence electrons. The quantitative estimate of drug-likeness (QED) is 0.849. The number of hydrogen-bond donors (Lipinski definition) is 2. The van der Waals surface area contributed by atoms with Gasteiger partial charge in [-0.25, -0.2) is 0 Å². The van der Waals surface area contributed by atoms with Crippen molar-refractivity contribution in [3.8, 4) is 0 Å². The highest BCUT2D eigenvalue weighted by molar-refractivity contribution is 7.00. The number of carbonyl (C=O) groups excluding carboxylic acids is 2. The highest BCUT2D eigenvalue weighted by atomic mass is 32.1. The molecule has 1 fully saturated rings. The van der Waals surface area contributed by atoms with Crippen molar-refractivity contribution >= 4 is 34.6 Å². The number of fused-ring (bicyclic) bond motifs is 1. The van der Waals surface area contributed by atoms with Crippen molar-refractivity contribution in [3.63, 3.8) is 0 Å². The number of aromatic nitrogens is 2. The molecule has 0 spiro atoms. The van der Waals surface area contributed by atoms with Gasteiger partial charge in [0.05, 0.1) is 11.7 Å². The minimum Gasteiger partial charge on any atom is -0.352 e. The van der Waals surface area contributed by atoms with E-state index in [1.807, 2.05) is 18.2 Å². The maximum atomic E-state index is 12.1. The van der Waals surface area contributed by atoms with Crippen molar-refractivity contribution in [3.05, 3.63) is 23.8 Å². The molecule has 0 radical (unpaired) electrons. The summed E-state index contributed by atoms with van der Waals surface area (Å²) in [6, 6.07) is 5.82. The van der Waals surface area contributed by atoms with Gasteiger partial charge in [0.25, 0.3) is 0 Å². The molecule has 2 amide bonds. The molecule has 0 saturated carbocycles. The fourth-order valence-electron chi connectivity index (χ4n) is 2.98. The van der Waals surface area contributed by atoms with Gasteiger partial charge in [0.2, 0.25) is 11.8 Å². The molecule has 1 unspecified atom stereocenters. The minimum absolute atomic E-state index is 0.00970. The molecule has 2 N–H and O–H groups in total. The molecule has 23 heavy (non-hydrogen) atoms. The van der Waals surface area contributed by atoms with Crippen LogP contribution in [0, 0.1) is 0 Å². The topological polar surface area (TPSA) is 84.0 Å². The number of amides is 2. The molecule has 1 atom stereocenters. The third kappa shape index (κ3) is 3.67. The number of carbonyl (C=O) groups is 2. The molecule has 2 heterocycles. The summed E-state index contributed by atoms with van der Waals surface area (Å²) in [4.78, 5) is 23.5. The molecule has 3 rings (SSSR count). The average Bonchev–Trinajstić information content (AvgIpc) is 3.17. The summed E-state index contributed by atoms with van der Waals surface area (Å²) in [5.74, 6) is 0.105. The van der Waals surface area contributed by atoms with Crippen LogP contribution in [0.1, 0.15) is 44.6 Å². The number of hydrogen-bond acceptors (Lipinski definition) is 5. The number of benzene rings is 1. The number of nitrogens with zero attached hydrogens (tertiary/aromatic N) is 2. The predicted molar refractivity (Wildman–Crippen MR) is 88.9 cm³/mol. The zero-order valence-corrected chi connectivity index (χ0v) is 13.9. The van der Waals surface area contributed by atoms with Crippen LogP contribution < -0.4 is 10.6 Å². The van der Waals surface area contributed by atoms with Gasteiger partial charge >= 0.3 is 0 Å². The molecule has 1 aromatic carbocycles. The van der Waals surface area contributed by atoms with Gasteiger partial charge in [-0.2, -0.15) is 8.75 Å². The third-order valence-corrected chi connectivity index (χ3v) is 5.11. The van der Waals surface area contributed by atoms with Gasteiger partial charge in [-0.1, -0.05) is 13.0 Å². The van der Waals surface area contributed by atoms with Gasteiger partial charge in [0.15, 0.2) is 0 Å². The summed E-state index contributed by atoms with van der Waals surface area (Å²) in [5.41, 5.74) is 2.56. The van der Waals surface area contributed by atoms with E-state index in [4.69, 9.17) is 0 Å². The zero-order valence-electron chi connectivity index (χ0n) is 13.1. The summed E-state index contributed by atoms with van der Waals surface area (Å²) >= 11 is 1.19. The van der Waals surface area contributed by atoms with Gasteiger partial charge < -0.3 is 10.6 Å². The Morgan fingerprint density at radius 3 is 2.96 bits per heavy atom. The van der Waals surface area contributed by atoms with E-state index >= 15 is 0 Å². The van der Waals surface area contributed by atoms with Crippen molar-refractivity contribution in [2.24, 2.45) is 0 Å². The van der Waals surface area contributed by atoms with E-state index in [1.165, 1.54) is 11.7 Å². The summed E-state index contributed by atoms with van der Waals surface area (Å²) in [7, 11) is 0. The Balaban J connectivity index is 1.50. The van der Waals surface area contributed by atoms with Crippen molar-refractivity contribution in [1.82, 2.24) is 19.4 Å². The van der Waals surface area contributed by atoms with Gasteiger partial charge in [-0.3, -0.25) is 9.59 Å². The largest absolute Gasteiger partial charge is 0.352 e. The van der Waals surface area contributed by atoms with E-state index in [0.717, 1.165) is 29.4 Å². The van der Waals surface area contributed by atoms with Crippen LogP contribution in [0.15, 0.2) is 18.2 Å². The first kappa shape index (κ1) is 15.9. The fraction of sp³-hybridized carbons (Fsp3) is 0.500. The maximum absolute atomic E-state index is 12.1. The van der Waals surface area contributed by atoms with Gasteiger partial charge in [0, 0.05) is 24.9 Å². The first-order valence-corrected chi connectivity index (χ1v) is 8.62. The summed E-state index contributed by atoms with van der Waals surface area (Å²) < 4.78 is 8.36. The Morgan fingerprint density at radius 2 is 2.22 bits per heavy atom. The molecule has 1 aliphatic rings. The van der Waals surface area contributed by atoms with Crippen LogP contribution in [-0.2, 0) is 16.1 Å². The van der Waals surface area contributed by atoms with Crippen molar-refractivity contribution in [1.29, 1.82) is 0 Å². The second-order valence-corrected chi connectivity index (χ2v) is 6.57. The SMILES string of the molecule is CCC1(CCC(=O)NCc2ccc3nsnc3c2)CCC(=O)N1. The second kappa shape index (κ2) is 6.62. The standard InChI is InChI=1S/C16H20N4O2S/c1-2-16(8-6-15(22)18-16)7-5-14(21)17-10-11-3-4-12-13(9-11)20-23-19-12/h3-4,9H,2,5-8,10H2,1H3,(H,17,21)(H,18,22). The van der Waals surface area contributed by atoms with Crippen LogP contribution in [0.2, 0.25) is 0 Å². The lowest BCUT2D eigenvalue weighted by molar-refractivity contribution is -0.122. The summed E-state index contributed by atoms with van der Waals surface area (Å²) in [6.07, 6.45) is 3.37. The number of nitrogens with one attached hydrogen (secondary N) is 2. The van der Waals surface area contributed by atoms with E-state index in [9.17, 15) is 9.59 Å². The van der Waals surface area contributed by atoms with Crippen LogP contribution in [0.3, 0.4) is 0 Å². The Morgan fingerprint density at radius 1 is 1.39 bits per heavy atom. The van der Waals surface area contributed by atoms with Crippen LogP contribution in [0.5, 0.6) is 0 Å². The Kier molecular flexibility index (Phi) is 4.56. The molecule has 0 bridgehead atoms. The maximum Gasteiger partial charge on any atom is 0.220 e. The van der Waals surface area contributed by atoms with Gasteiger partial charge in [-0.15, -0.1) is 0 Å². The Bertz CT molecular complexity index is 730. The van der Waals surface area contributed by atoms with E-state index in [1.54, 1.807) is 0 Å². The minimum atomic E-state index is -0.195. The smallest absolute Gasteiger partial charge is 0.220 e. The highest BCUT2D eigenvalue weighted by Gasteiger charge is 2.35. The fourth-order valence-corrected chi connectivity index (χ4v) is 3.50. The van der Waals surface area contributed by atoms with Crippen LogP contribution in [0.4, 0.5) is 0 Å². The lowest BCUT2D eigenvalue weighted by Crippen LogP contribution is -2.42. The van der Waals surface area contributed by atoms with Crippen LogP contribution in [-0.4, -0.2) is 26.1 Å². The molecule has 0 aliphatic carbocycles. The van der Waals surface area contributed by atoms with Gasteiger partial charge in [-0.05, 0) is 37.0 Å². The van der Waals surface area contributed by atoms with E-state index in [0.29, 0.717) is 25.8 Å². The predicted octanol–water partition coefficient (Wildman–Crippen LogP) is 2.15. The van der Waals surface area contributed by atoms with E-state index < -0.39 is 0 Å². The van der Waals surface area contributed by atoms with E-state index in [2.05, 4.69) is 26.3 Å². The molecule has 6 nitrogen and oxygen atoms in total. The lowest BCUT2D eigenvalue weighted by atomic mass is 9.89. The lowest BCUT2D eigenvalue weighted by Gasteiger charge is -2.27. The molecule has 1 aliphatic heterocycles. The highest BCUT2D eigenvalue weighted by Crippen LogP contribution is 2.28. The monoisotopic (exact) mass is 332 g/mol. The zero-order chi connectivity index (χ0) is 16.3. The first-order valence-electron chi connectivity index (χ1n) is 7.89. The molecular formula is C16H20N4O2S. The molecule has 7 heteroatoms. The van der Waals surface area contributed by atoms with Crippen LogP contribution >= 0.6 is 11.7 Å². The first-order chi connectivity index (χ1) is 11.1. The van der Waals surface area contributed by atoms with Crippen molar-refractivity contribution in [2.75, 3.05) is 0 Å². The molecule has 1 aromatic heterocycles. The van der Waals surface area contributed by atoms with Crippen LogP contribution in [0.25, 0.3) is 11.0 Å². The molecule has 2 aromatic rings. The van der Waals surface area contributed by atoms with Gasteiger partial charge in [0.1, 0.15) is 11.0 Å². The normalized spacial score (nSPS) is 20.7. The summed E-state index contributed by atoms with van der Waals surface area (Å²) in [5, 5.41) is 5.97. The molecular weight excluding hydrogens is 312 g/mol. The van der Waals surface area contributed by atoms with Crippen molar-refractivity contribution < 1.29 is 9.59 Å².